The Hall–Kier alpha value is -2.80. The highest BCUT2D eigenvalue weighted by Crippen LogP contribution is 2.31. The van der Waals surface area contributed by atoms with E-state index in [0.29, 0.717) is 30.8 Å². The Morgan fingerprint density at radius 3 is 2.71 bits per heavy atom. The zero-order valence-corrected chi connectivity index (χ0v) is 18.3. The molecule has 0 spiro atoms. The summed E-state index contributed by atoms with van der Waals surface area (Å²) < 4.78 is 5.12. The highest BCUT2D eigenvalue weighted by atomic mass is 16.3. The molecule has 31 heavy (non-hydrogen) atoms. The van der Waals surface area contributed by atoms with E-state index in [2.05, 4.69) is 55.8 Å². The summed E-state index contributed by atoms with van der Waals surface area (Å²) in [5.41, 5.74) is 1.40. The molecule has 2 aliphatic rings. The van der Waals surface area contributed by atoms with Crippen LogP contribution >= 0.6 is 0 Å². The molecule has 2 saturated heterocycles. The molecule has 2 aliphatic heterocycles. The number of hydrogen-bond donors (Lipinski definition) is 2. The lowest BCUT2D eigenvalue weighted by Gasteiger charge is -2.48. The van der Waals surface area contributed by atoms with E-state index in [9.17, 15) is 4.79 Å². The predicted octanol–water partition coefficient (Wildman–Crippen LogP) is 2.57. The maximum absolute atomic E-state index is 12.0. The Balaban J connectivity index is 1.25. The number of rotatable bonds is 6. The number of carbonyl (C=O) groups is 1. The van der Waals surface area contributed by atoms with Crippen molar-refractivity contribution in [3.05, 3.63) is 60.1 Å². The summed E-state index contributed by atoms with van der Waals surface area (Å²) in [6.07, 6.45) is 5.20. The SMILES string of the molecule is CN=C(NCCNC(=O)c1ccco1)N1CCC2C(CCCN2Cc2ccccc2)C1. The highest BCUT2D eigenvalue weighted by molar-refractivity contribution is 5.91. The first-order valence-electron chi connectivity index (χ1n) is 11.3. The van der Waals surface area contributed by atoms with Crippen molar-refractivity contribution < 1.29 is 9.21 Å². The molecule has 166 valence electrons. The van der Waals surface area contributed by atoms with Crippen LogP contribution in [0.15, 0.2) is 58.1 Å². The Labute approximate surface area is 184 Å². The first kappa shape index (κ1) is 21.4. The largest absolute Gasteiger partial charge is 0.459 e. The van der Waals surface area contributed by atoms with Crippen molar-refractivity contribution in [2.24, 2.45) is 10.9 Å². The molecule has 1 aromatic carbocycles. The number of carbonyl (C=O) groups excluding carboxylic acids is 1. The fraction of sp³-hybridized carbons (Fsp3) is 0.500. The van der Waals surface area contributed by atoms with Gasteiger partial charge in [-0.15, -0.1) is 0 Å². The van der Waals surface area contributed by atoms with Crippen LogP contribution in [0.25, 0.3) is 0 Å². The average Bonchev–Trinajstić information content (AvgIpc) is 3.35. The Morgan fingerprint density at radius 1 is 1.10 bits per heavy atom. The van der Waals surface area contributed by atoms with E-state index in [-0.39, 0.29) is 5.91 Å². The summed E-state index contributed by atoms with van der Waals surface area (Å²) in [6.45, 7) is 5.43. The Kier molecular flexibility index (Phi) is 7.25. The van der Waals surface area contributed by atoms with Gasteiger partial charge in [0.2, 0.25) is 0 Å². The van der Waals surface area contributed by atoms with E-state index in [1.54, 1.807) is 12.1 Å². The molecule has 4 rings (SSSR count). The summed E-state index contributed by atoms with van der Waals surface area (Å²) in [5, 5.41) is 6.27. The van der Waals surface area contributed by atoms with E-state index in [4.69, 9.17) is 4.42 Å². The van der Waals surface area contributed by atoms with Crippen molar-refractivity contribution in [3.63, 3.8) is 0 Å². The van der Waals surface area contributed by atoms with Gasteiger partial charge < -0.3 is 20.0 Å². The van der Waals surface area contributed by atoms with Gasteiger partial charge in [0.25, 0.3) is 5.91 Å². The van der Waals surface area contributed by atoms with Crippen LogP contribution < -0.4 is 10.6 Å². The second-order valence-electron chi connectivity index (χ2n) is 8.37. The van der Waals surface area contributed by atoms with Gasteiger partial charge >= 0.3 is 0 Å². The number of guanidine groups is 1. The maximum atomic E-state index is 12.0. The van der Waals surface area contributed by atoms with Crippen molar-refractivity contribution in [2.75, 3.05) is 39.8 Å². The molecule has 0 radical (unpaired) electrons. The Bertz CT molecular complexity index is 852. The molecular weight excluding hydrogens is 390 g/mol. The number of aliphatic imine (C=N–C) groups is 1. The first-order chi connectivity index (χ1) is 15.2. The molecule has 0 saturated carbocycles. The van der Waals surface area contributed by atoms with Crippen LogP contribution in [0.4, 0.5) is 0 Å². The third kappa shape index (κ3) is 5.47. The van der Waals surface area contributed by atoms with Gasteiger partial charge in [-0.3, -0.25) is 14.7 Å². The number of hydrogen-bond acceptors (Lipinski definition) is 4. The summed E-state index contributed by atoms with van der Waals surface area (Å²) in [7, 11) is 1.83. The van der Waals surface area contributed by atoms with E-state index >= 15 is 0 Å². The van der Waals surface area contributed by atoms with E-state index < -0.39 is 0 Å². The maximum Gasteiger partial charge on any atom is 0.287 e. The zero-order valence-electron chi connectivity index (χ0n) is 18.3. The molecule has 2 aromatic rings. The minimum absolute atomic E-state index is 0.191. The highest BCUT2D eigenvalue weighted by Gasteiger charge is 2.36. The molecular formula is C24H33N5O2. The van der Waals surface area contributed by atoms with Crippen LogP contribution in [0.3, 0.4) is 0 Å². The van der Waals surface area contributed by atoms with Gasteiger partial charge in [-0.1, -0.05) is 30.3 Å². The second kappa shape index (κ2) is 10.5. The molecule has 2 fully saturated rings. The molecule has 7 heteroatoms. The standard InChI is InChI=1S/C24H33N5O2/c1-25-24(27-13-12-26-23(30)22-10-6-16-31-22)29-15-11-21-20(18-29)9-5-14-28(21)17-19-7-3-2-4-8-19/h2-4,6-8,10,16,20-21H,5,9,11-15,17-18H2,1H3,(H,25,27)(H,26,30). The molecule has 7 nitrogen and oxygen atoms in total. The lowest BCUT2D eigenvalue weighted by molar-refractivity contribution is 0.0373. The number of fused-ring (bicyclic) bond motifs is 1. The van der Waals surface area contributed by atoms with Crippen LogP contribution in [-0.2, 0) is 6.54 Å². The third-order valence-corrected chi connectivity index (χ3v) is 6.36. The number of benzene rings is 1. The molecule has 2 unspecified atom stereocenters. The van der Waals surface area contributed by atoms with Crippen molar-refractivity contribution in [2.45, 2.75) is 31.8 Å². The minimum atomic E-state index is -0.191. The van der Waals surface area contributed by atoms with E-state index in [1.807, 2.05) is 7.05 Å². The first-order valence-corrected chi connectivity index (χ1v) is 11.3. The number of nitrogens with one attached hydrogen (secondary N) is 2. The number of piperidine rings is 2. The van der Waals surface area contributed by atoms with Crippen LogP contribution in [0, 0.1) is 5.92 Å². The fourth-order valence-corrected chi connectivity index (χ4v) is 4.89. The summed E-state index contributed by atoms with van der Waals surface area (Å²) in [6, 6.07) is 14.8. The normalized spacial score (nSPS) is 22.1. The topological polar surface area (TPSA) is 73.1 Å². The van der Waals surface area contributed by atoms with Gasteiger partial charge in [0.1, 0.15) is 0 Å². The monoisotopic (exact) mass is 423 g/mol. The minimum Gasteiger partial charge on any atom is -0.459 e. The van der Waals surface area contributed by atoms with Gasteiger partial charge in [-0.2, -0.15) is 0 Å². The quantitative estimate of drug-likeness (QED) is 0.424. The molecule has 2 atom stereocenters. The zero-order chi connectivity index (χ0) is 21.5. The van der Waals surface area contributed by atoms with Crippen molar-refractivity contribution in [1.29, 1.82) is 0 Å². The molecule has 0 bridgehead atoms. The van der Waals surface area contributed by atoms with Crippen LogP contribution in [0.5, 0.6) is 0 Å². The van der Waals surface area contributed by atoms with E-state index in [0.717, 1.165) is 32.0 Å². The van der Waals surface area contributed by atoms with Gasteiger partial charge in [0.15, 0.2) is 11.7 Å². The molecule has 3 heterocycles. The number of amides is 1. The van der Waals surface area contributed by atoms with Crippen molar-refractivity contribution >= 4 is 11.9 Å². The van der Waals surface area contributed by atoms with Gasteiger partial charge in [-0.05, 0) is 49.4 Å². The summed E-state index contributed by atoms with van der Waals surface area (Å²) >= 11 is 0. The van der Waals surface area contributed by atoms with Gasteiger partial charge in [-0.25, -0.2) is 0 Å². The molecule has 1 aromatic heterocycles. The Morgan fingerprint density at radius 2 is 1.94 bits per heavy atom. The van der Waals surface area contributed by atoms with Crippen molar-refractivity contribution in [1.82, 2.24) is 20.4 Å². The molecule has 1 amide bonds. The van der Waals surface area contributed by atoms with E-state index in [1.165, 1.54) is 31.2 Å². The van der Waals surface area contributed by atoms with Crippen LogP contribution in [0.2, 0.25) is 0 Å². The average molecular weight is 424 g/mol. The second-order valence-corrected chi connectivity index (χ2v) is 8.37. The van der Waals surface area contributed by atoms with Gasteiger partial charge in [0.05, 0.1) is 6.26 Å². The smallest absolute Gasteiger partial charge is 0.287 e. The lowest BCUT2D eigenvalue weighted by atomic mass is 9.83. The number of nitrogens with zero attached hydrogens (tertiary/aromatic N) is 3. The van der Waals surface area contributed by atoms with Gasteiger partial charge in [0, 0.05) is 45.8 Å². The fourth-order valence-electron chi connectivity index (χ4n) is 4.89. The van der Waals surface area contributed by atoms with Crippen LogP contribution in [-0.4, -0.2) is 67.5 Å². The molecule has 2 N–H and O–H groups in total. The van der Waals surface area contributed by atoms with Crippen LogP contribution in [0.1, 0.15) is 35.4 Å². The molecule has 0 aliphatic carbocycles. The lowest BCUT2D eigenvalue weighted by Crippen LogP contribution is -2.57. The predicted molar refractivity (Wildman–Crippen MR) is 122 cm³/mol. The number of likely N-dealkylation sites (tertiary alicyclic amines) is 2. The summed E-state index contributed by atoms with van der Waals surface area (Å²) in [5.74, 6) is 1.74. The van der Waals surface area contributed by atoms with Crippen molar-refractivity contribution in [3.8, 4) is 0 Å². The number of furan rings is 1. The summed E-state index contributed by atoms with van der Waals surface area (Å²) in [4.78, 5) is 21.5. The third-order valence-electron chi connectivity index (χ3n) is 6.36.